The van der Waals surface area contributed by atoms with Gasteiger partial charge in [-0.15, -0.1) is 0 Å². The van der Waals surface area contributed by atoms with Crippen LogP contribution in [0.25, 0.3) is 0 Å². The molecule has 6 heteroatoms. The van der Waals surface area contributed by atoms with Crippen LogP contribution in [0.3, 0.4) is 0 Å². The van der Waals surface area contributed by atoms with Crippen molar-refractivity contribution in [3.05, 3.63) is 99.2 Å². The number of hydrogen-bond acceptors (Lipinski definition) is 2. The Bertz CT molecular complexity index is 985. The zero-order valence-corrected chi connectivity index (χ0v) is 13.8. The maximum atomic E-state index is 13.3. The SMILES string of the molecule is O=C(Nc1cccc(Cl)c1)c1ccc(=O)n(Cc2cccc(F)c2)c1. The number of carbonyl (C=O) groups excluding carboxylic acids is 1. The molecule has 0 unspecified atom stereocenters. The van der Waals surface area contributed by atoms with Crippen molar-refractivity contribution < 1.29 is 9.18 Å². The lowest BCUT2D eigenvalue weighted by atomic mass is 10.2. The van der Waals surface area contributed by atoms with E-state index in [1.165, 1.54) is 35.0 Å². The van der Waals surface area contributed by atoms with Crippen LogP contribution in [0.1, 0.15) is 15.9 Å². The molecule has 3 aromatic rings. The summed E-state index contributed by atoms with van der Waals surface area (Å²) in [7, 11) is 0. The Morgan fingerprint density at radius 3 is 2.64 bits per heavy atom. The van der Waals surface area contributed by atoms with Crippen LogP contribution in [0.15, 0.2) is 71.7 Å². The summed E-state index contributed by atoms with van der Waals surface area (Å²) in [6, 6.07) is 15.5. The Morgan fingerprint density at radius 2 is 1.88 bits per heavy atom. The van der Waals surface area contributed by atoms with E-state index in [0.29, 0.717) is 21.8 Å². The van der Waals surface area contributed by atoms with Crippen molar-refractivity contribution in [3.63, 3.8) is 0 Å². The highest BCUT2D eigenvalue weighted by Crippen LogP contribution is 2.15. The first-order valence-corrected chi connectivity index (χ1v) is 7.91. The molecule has 0 bridgehead atoms. The molecule has 0 fully saturated rings. The Kier molecular flexibility index (Phi) is 4.95. The molecule has 0 saturated carbocycles. The number of pyridine rings is 1. The average Bonchev–Trinajstić information content (AvgIpc) is 2.57. The Hall–Kier alpha value is -2.92. The van der Waals surface area contributed by atoms with E-state index in [0.717, 1.165) is 0 Å². The fourth-order valence-corrected chi connectivity index (χ4v) is 2.58. The molecule has 1 N–H and O–H groups in total. The number of aromatic nitrogens is 1. The summed E-state index contributed by atoms with van der Waals surface area (Å²) in [6.45, 7) is 0.175. The molecular formula is C19H14ClFN2O2. The lowest BCUT2D eigenvalue weighted by Crippen LogP contribution is -2.22. The van der Waals surface area contributed by atoms with E-state index in [2.05, 4.69) is 5.32 Å². The quantitative estimate of drug-likeness (QED) is 0.769. The van der Waals surface area contributed by atoms with Crippen LogP contribution in [0.4, 0.5) is 10.1 Å². The standard InChI is InChI=1S/C19H14ClFN2O2/c20-15-4-2-6-17(10-15)22-19(25)14-7-8-18(24)23(12-14)11-13-3-1-5-16(21)9-13/h1-10,12H,11H2,(H,22,25). The molecule has 2 aromatic carbocycles. The monoisotopic (exact) mass is 356 g/mol. The maximum absolute atomic E-state index is 13.3. The van der Waals surface area contributed by atoms with Gasteiger partial charge in [-0.1, -0.05) is 29.8 Å². The molecule has 0 spiro atoms. The fraction of sp³-hybridized carbons (Fsp3) is 0.0526. The molecule has 1 heterocycles. The van der Waals surface area contributed by atoms with Crippen molar-refractivity contribution in [1.82, 2.24) is 4.57 Å². The molecule has 3 rings (SSSR count). The van der Waals surface area contributed by atoms with Crippen molar-refractivity contribution in [3.8, 4) is 0 Å². The Balaban J connectivity index is 1.83. The van der Waals surface area contributed by atoms with Gasteiger partial charge in [0.2, 0.25) is 0 Å². The molecule has 0 atom stereocenters. The van der Waals surface area contributed by atoms with Gasteiger partial charge < -0.3 is 9.88 Å². The highest BCUT2D eigenvalue weighted by Gasteiger charge is 2.09. The third kappa shape index (κ3) is 4.33. The second-order valence-electron chi connectivity index (χ2n) is 5.48. The molecule has 0 radical (unpaired) electrons. The van der Waals surface area contributed by atoms with Gasteiger partial charge in [-0.2, -0.15) is 0 Å². The van der Waals surface area contributed by atoms with Gasteiger partial charge in [0.1, 0.15) is 5.82 Å². The van der Waals surface area contributed by atoms with Gasteiger partial charge in [0.15, 0.2) is 0 Å². The highest BCUT2D eigenvalue weighted by atomic mass is 35.5. The molecule has 4 nitrogen and oxygen atoms in total. The molecule has 0 aliphatic heterocycles. The number of anilines is 1. The lowest BCUT2D eigenvalue weighted by molar-refractivity contribution is 0.102. The van der Waals surface area contributed by atoms with Crippen molar-refractivity contribution in [1.29, 1.82) is 0 Å². The summed E-state index contributed by atoms with van der Waals surface area (Å²) in [5, 5.41) is 3.23. The number of benzene rings is 2. The van der Waals surface area contributed by atoms with E-state index >= 15 is 0 Å². The van der Waals surface area contributed by atoms with Crippen LogP contribution >= 0.6 is 11.6 Å². The topological polar surface area (TPSA) is 51.1 Å². The molecule has 126 valence electrons. The minimum absolute atomic E-state index is 0.175. The smallest absolute Gasteiger partial charge is 0.257 e. The van der Waals surface area contributed by atoms with Crippen molar-refractivity contribution in [2.75, 3.05) is 5.32 Å². The van der Waals surface area contributed by atoms with E-state index < -0.39 is 0 Å². The molecular weight excluding hydrogens is 343 g/mol. The van der Waals surface area contributed by atoms with Crippen LogP contribution in [-0.4, -0.2) is 10.5 Å². The van der Waals surface area contributed by atoms with Gasteiger partial charge in [-0.25, -0.2) is 4.39 Å². The summed E-state index contributed by atoms with van der Waals surface area (Å²) < 4.78 is 14.7. The molecule has 0 aliphatic carbocycles. The Morgan fingerprint density at radius 1 is 1.08 bits per heavy atom. The van der Waals surface area contributed by atoms with Gasteiger partial charge in [-0.05, 0) is 42.0 Å². The van der Waals surface area contributed by atoms with Crippen molar-refractivity contribution >= 4 is 23.2 Å². The van der Waals surface area contributed by atoms with E-state index in [1.54, 1.807) is 36.4 Å². The fourth-order valence-electron chi connectivity index (χ4n) is 2.39. The number of rotatable bonds is 4. The summed E-state index contributed by atoms with van der Waals surface area (Å²) in [6.07, 6.45) is 1.45. The molecule has 25 heavy (non-hydrogen) atoms. The normalized spacial score (nSPS) is 10.5. The molecule has 1 amide bonds. The first-order chi connectivity index (χ1) is 12.0. The van der Waals surface area contributed by atoms with E-state index in [1.807, 2.05) is 0 Å². The summed E-state index contributed by atoms with van der Waals surface area (Å²) >= 11 is 5.90. The number of nitrogens with zero attached hydrogens (tertiary/aromatic N) is 1. The largest absolute Gasteiger partial charge is 0.322 e. The number of nitrogens with one attached hydrogen (secondary N) is 1. The predicted molar refractivity (Wildman–Crippen MR) is 95.6 cm³/mol. The number of hydrogen-bond donors (Lipinski definition) is 1. The number of halogens is 2. The van der Waals surface area contributed by atoms with E-state index in [-0.39, 0.29) is 23.8 Å². The molecule has 1 aromatic heterocycles. The second kappa shape index (κ2) is 7.32. The van der Waals surface area contributed by atoms with Gasteiger partial charge in [0.25, 0.3) is 11.5 Å². The second-order valence-corrected chi connectivity index (χ2v) is 5.91. The predicted octanol–water partition coefficient (Wildman–Crippen LogP) is 3.94. The van der Waals surface area contributed by atoms with Crippen LogP contribution in [-0.2, 0) is 6.54 Å². The van der Waals surface area contributed by atoms with E-state index in [9.17, 15) is 14.0 Å². The number of amides is 1. The van der Waals surface area contributed by atoms with E-state index in [4.69, 9.17) is 11.6 Å². The summed E-state index contributed by atoms with van der Waals surface area (Å²) in [5.41, 5.74) is 1.23. The van der Waals surface area contributed by atoms with Gasteiger partial charge in [0, 0.05) is 23.0 Å². The maximum Gasteiger partial charge on any atom is 0.257 e. The third-order valence-corrected chi connectivity index (χ3v) is 3.81. The highest BCUT2D eigenvalue weighted by molar-refractivity contribution is 6.30. The average molecular weight is 357 g/mol. The Labute approximate surface area is 148 Å². The van der Waals surface area contributed by atoms with Crippen LogP contribution in [0.2, 0.25) is 5.02 Å². The van der Waals surface area contributed by atoms with Crippen LogP contribution in [0, 0.1) is 5.82 Å². The van der Waals surface area contributed by atoms with Crippen LogP contribution < -0.4 is 10.9 Å². The lowest BCUT2D eigenvalue weighted by Gasteiger charge is -2.09. The zero-order chi connectivity index (χ0) is 17.8. The first-order valence-electron chi connectivity index (χ1n) is 7.53. The number of carbonyl (C=O) groups is 1. The van der Waals surface area contributed by atoms with Crippen LogP contribution in [0.5, 0.6) is 0 Å². The van der Waals surface area contributed by atoms with Crippen molar-refractivity contribution in [2.45, 2.75) is 6.54 Å². The summed E-state index contributed by atoms with van der Waals surface area (Å²) in [4.78, 5) is 24.4. The van der Waals surface area contributed by atoms with Gasteiger partial charge >= 0.3 is 0 Å². The molecule has 0 aliphatic rings. The zero-order valence-electron chi connectivity index (χ0n) is 13.1. The van der Waals surface area contributed by atoms with Gasteiger partial charge in [0.05, 0.1) is 12.1 Å². The minimum Gasteiger partial charge on any atom is -0.322 e. The summed E-state index contributed by atoms with van der Waals surface area (Å²) in [5.74, 6) is -0.740. The molecule has 0 saturated heterocycles. The van der Waals surface area contributed by atoms with Crippen molar-refractivity contribution in [2.24, 2.45) is 0 Å². The first kappa shape index (κ1) is 16.9. The van der Waals surface area contributed by atoms with Gasteiger partial charge in [-0.3, -0.25) is 9.59 Å². The minimum atomic E-state index is -0.375. The third-order valence-electron chi connectivity index (χ3n) is 3.57.